The molecule has 6 heteroatoms. The van der Waals surface area contributed by atoms with Crippen LogP contribution < -0.4 is 5.73 Å². The SMILES string of the molecule is Cc1nn(C(C)c2nnc3n2CCCCC3)cc1N. The van der Waals surface area contributed by atoms with Gasteiger partial charge in [0.1, 0.15) is 11.9 Å². The monoisotopic (exact) mass is 260 g/mol. The van der Waals surface area contributed by atoms with Crippen molar-refractivity contribution in [3.8, 4) is 0 Å². The summed E-state index contributed by atoms with van der Waals surface area (Å²) in [5.41, 5.74) is 7.46. The molecule has 0 aliphatic carbocycles. The van der Waals surface area contributed by atoms with Crippen LogP contribution in [0.25, 0.3) is 0 Å². The fourth-order valence-corrected chi connectivity index (χ4v) is 2.63. The number of nitrogens with two attached hydrogens (primary N) is 1. The molecule has 0 saturated heterocycles. The molecular weight excluding hydrogens is 240 g/mol. The van der Waals surface area contributed by atoms with E-state index < -0.39 is 0 Å². The number of nitrogens with zero attached hydrogens (tertiary/aromatic N) is 5. The fraction of sp³-hybridized carbons (Fsp3) is 0.615. The Balaban J connectivity index is 1.95. The molecule has 0 bridgehead atoms. The zero-order valence-electron chi connectivity index (χ0n) is 11.5. The van der Waals surface area contributed by atoms with Crippen LogP contribution >= 0.6 is 0 Å². The highest BCUT2D eigenvalue weighted by atomic mass is 15.4. The Labute approximate surface area is 112 Å². The second-order valence-electron chi connectivity index (χ2n) is 5.26. The fourth-order valence-electron chi connectivity index (χ4n) is 2.63. The average Bonchev–Trinajstić information content (AvgIpc) is 2.85. The first kappa shape index (κ1) is 12.2. The van der Waals surface area contributed by atoms with Gasteiger partial charge in [-0.1, -0.05) is 6.42 Å². The third-order valence-electron chi connectivity index (χ3n) is 3.86. The molecule has 2 N–H and O–H groups in total. The summed E-state index contributed by atoms with van der Waals surface area (Å²) in [5.74, 6) is 2.09. The van der Waals surface area contributed by atoms with E-state index in [9.17, 15) is 0 Å². The predicted molar refractivity (Wildman–Crippen MR) is 72.8 cm³/mol. The summed E-state index contributed by atoms with van der Waals surface area (Å²) in [6.45, 7) is 5.02. The molecule has 0 amide bonds. The standard InChI is InChI=1S/C13H20N6/c1-9-11(14)8-19(17-9)10(2)13-16-15-12-6-4-3-5-7-18(12)13/h8,10H,3-7,14H2,1-2H3. The van der Waals surface area contributed by atoms with Gasteiger partial charge in [0.15, 0.2) is 5.82 Å². The molecule has 6 nitrogen and oxygen atoms in total. The molecule has 1 aliphatic heterocycles. The molecule has 3 rings (SSSR count). The number of aryl methyl sites for hydroxylation is 2. The van der Waals surface area contributed by atoms with Crippen molar-refractivity contribution in [3.05, 3.63) is 23.5 Å². The number of rotatable bonds is 2. The summed E-state index contributed by atoms with van der Waals surface area (Å²) in [7, 11) is 0. The minimum absolute atomic E-state index is 0.0651. The predicted octanol–water partition coefficient (Wildman–Crippen LogP) is 1.70. The summed E-state index contributed by atoms with van der Waals surface area (Å²) in [4.78, 5) is 0. The first-order valence-electron chi connectivity index (χ1n) is 6.90. The Kier molecular flexibility index (Phi) is 3.00. The molecule has 1 aliphatic rings. The van der Waals surface area contributed by atoms with Crippen molar-refractivity contribution in [2.75, 3.05) is 5.73 Å². The van der Waals surface area contributed by atoms with Crippen molar-refractivity contribution in [1.29, 1.82) is 0 Å². The highest BCUT2D eigenvalue weighted by Crippen LogP contribution is 2.22. The van der Waals surface area contributed by atoms with E-state index >= 15 is 0 Å². The Bertz CT molecular complexity index is 562. The number of anilines is 1. The van der Waals surface area contributed by atoms with Gasteiger partial charge in [-0.15, -0.1) is 10.2 Å². The quantitative estimate of drug-likeness (QED) is 0.891. The molecule has 3 heterocycles. The summed E-state index contributed by atoms with van der Waals surface area (Å²) in [6.07, 6.45) is 6.58. The molecule has 19 heavy (non-hydrogen) atoms. The van der Waals surface area contributed by atoms with Gasteiger partial charge in [-0.3, -0.25) is 4.68 Å². The number of aromatic nitrogens is 5. The summed E-state index contributed by atoms with van der Waals surface area (Å²) in [5, 5.41) is 13.1. The van der Waals surface area contributed by atoms with E-state index in [2.05, 4.69) is 26.8 Å². The molecule has 0 saturated carbocycles. The molecule has 2 aromatic heterocycles. The van der Waals surface area contributed by atoms with Crippen LogP contribution in [0.1, 0.15) is 49.6 Å². The Morgan fingerprint density at radius 1 is 1.26 bits per heavy atom. The molecule has 102 valence electrons. The van der Waals surface area contributed by atoms with E-state index in [4.69, 9.17) is 5.73 Å². The van der Waals surface area contributed by atoms with Gasteiger partial charge < -0.3 is 10.3 Å². The summed E-state index contributed by atoms with van der Waals surface area (Å²) >= 11 is 0. The van der Waals surface area contributed by atoms with Crippen LogP contribution in [-0.2, 0) is 13.0 Å². The van der Waals surface area contributed by atoms with E-state index in [1.807, 2.05) is 17.8 Å². The molecular formula is C13H20N6. The molecule has 0 fully saturated rings. The molecule has 0 aromatic carbocycles. The normalized spacial score (nSPS) is 16.9. The van der Waals surface area contributed by atoms with Crippen LogP contribution in [-0.4, -0.2) is 24.5 Å². The van der Waals surface area contributed by atoms with Crippen LogP contribution in [0.3, 0.4) is 0 Å². The summed E-state index contributed by atoms with van der Waals surface area (Å²) in [6, 6.07) is 0.0651. The van der Waals surface area contributed by atoms with Gasteiger partial charge in [-0.2, -0.15) is 5.10 Å². The van der Waals surface area contributed by atoms with Crippen molar-refractivity contribution < 1.29 is 0 Å². The smallest absolute Gasteiger partial charge is 0.157 e. The van der Waals surface area contributed by atoms with Crippen LogP contribution in [0.5, 0.6) is 0 Å². The average molecular weight is 260 g/mol. The van der Waals surface area contributed by atoms with Gasteiger partial charge in [0.25, 0.3) is 0 Å². The van der Waals surface area contributed by atoms with Gasteiger partial charge in [0, 0.05) is 19.2 Å². The van der Waals surface area contributed by atoms with E-state index in [0.717, 1.165) is 36.0 Å². The van der Waals surface area contributed by atoms with Gasteiger partial charge in [-0.05, 0) is 26.7 Å². The van der Waals surface area contributed by atoms with Crippen LogP contribution in [0, 0.1) is 6.92 Å². The van der Waals surface area contributed by atoms with E-state index in [1.165, 1.54) is 19.3 Å². The van der Waals surface area contributed by atoms with Crippen LogP contribution in [0.2, 0.25) is 0 Å². The number of nitrogen functional groups attached to an aromatic ring is 1. The van der Waals surface area contributed by atoms with Crippen molar-refractivity contribution in [2.45, 2.75) is 52.1 Å². The van der Waals surface area contributed by atoms with E-state index in [1.54, 1.807) is 0 Å². The molecule has 1 unspecified atom stereocenters. The highest BCUT2D eigenvalue weighted by molar-refractivity contribution is 5.39. The third kappa shape index (κ3) is 2.11. The third-order valence-corrected chi connectivity index (χ3v) is 3.86. The largest absolute Gasteiger partial charge is 0.396 e. The van der Waals surface area contributed by atoms with Crippen molar-refractivity contribution >= 4 is 5.69 Å². The zero-order valence-corrected chi connectivity index (χ0v) is 11.5. The topological polar surface area (TPSA) is 74.5 Å². The van der Waals surface area contributed by atoms with Gasteiger partial charge in [-0.25, -0.2) is 0 Å². The van der Waals surface area contributed by atoms with Crippen molar-refractivity contribution in [1.82, 2.24) is 24.5 Å². The lowest BCUT2D eigenvalue weighted by Gasteiger charge is -2.13. The first-order chi connectivity index (χ1) is 9.16. The molecule has 0 spiro atoms. The Hall–Kier alpha value is -1.85. The minimum Gasteiger partial charge on any atom is -0.396 e. The second kappa shape index (κ2) is 4.68. The molecule has 1 atom stereocenters. The number of hydrogen-bond donors (Lipinski definition) is 1. The maximum Gasteiger partial charge on any atom is 0.157 e. The molecule has 0 radical (unpaired) electrons. The van der Waals surface area contributed by atoms with Gasteiger partial charge >= 0.3 is 0 Å². The zero-order chi connectivity index (χ0) is 13.4. The van der Waals surface area contributed by atoms with Gasteiger partial charge in [0.2, 0.25) is 0 Å². The maximum absolute atomic E-state index is 5.87. The Morgan fingerprint density at radius 2 is 2.11 bits per heavy atom. The van der Waals surface area contributed by atoms with Crippen LogP contribution in [0.15, 0.2) is 6.20 Å². The number of fused-ring (bicyclic) bond motifs is 1. The van der Waals surface area contributed by atoms with Crippen LogP contribution in [0.4, 0.5) is 5.69 Å². The van der Waals surface area contributed by atoms with Crippen molar-refractivity contribution in [3.63, 3.8) is 0 Å². The van der Waals surface area contributed by atoms with E-state index in [0.29, 0.717) is 0 Å². The van der Waals surface area contributed by atoms with Crippen molar-refractivity contribution in [2.24, 2.45) is 0 Å². The first-order valence-corrected chi connectivity index (χ1v) is 6.90. The van der Waals surface area contributed by atoms with Gasteiger partial charge in [0.05, 0.1) is 11.4 Å². The number of hydrogen-bond acceptors (Lipinski definition) is 4. The maximum atomic E-state index is 5.87. The lowest BCUT2D eigenvalue weighted by Crippen LogP contribution is -2.15. The lowest BCUT2D eigenvalue weighted by molar-refractivity contribution is 0.492. The summed E-state index contributed by atoms with van der Waals surface area (Å²) < 4.78 is 4.14. The minimum atomic E-state index is 0.0651. The molecule has 2 aromatic rings. The lowest BCUT2D eigenvalue weighted by atomic mass is 10.2. The van der Waals surface area contributed by atoms with E-state index in [-0.39, 0.29) is 6.04 Å². The Morgan fingerprint density at radius 3 is 2.84 bits per heavy atom. The second-order valence-corrected chi connectivity index (χ2v) is 5.26. The highest BCUT2D eigenvalue weighted by Gasteiger charge is 2.21.